The first kappa shape index (κ1) is 22.9. The van der Waals surface area contributed by atoms with E-state index in [-0.39, 0.29) is 42.5 Å². The van der Waals surface area contributed by atoms with Gasteiger partial charge in [-0.05, 0) is 60.0 Å². The molecule has 0 bridgehead atoms. The van der Waals surface area contributed by atoms with Crippen molar-refractivity contribution in [2.75, 3.05) is 0 Å². The van der Waals surface area contributed by atoms with E-state index in [1.807, 2.05) is 18.2 Å². The van der Waals surface area contributed by atoms with Crippen molar-refractivity contribution in [2.24, 2.45) is 0 Å². The Morgan fingerprint density at radius 2 is 1.58 bits per heavy atom. The maximum Gasteiger partial charge on any atom is 0.0912 e. The minimum absolute atomic E-state index is 0. The number of aryl methyl sites for hydroxylation is 3. The van der Waals surface area contributed by atoms with Gasteiger partial charge in [-0.1, -0.05) is 108 Å². The molecule has 4 nitrogen and oxygen atoms in total. The number of nitrogens with zero attached hydrogens (tertiary/aromatic N) is 3. The maximum absolute atomic E-state index is 7.54. The van der Waals surface area contributed by atoms with Gasteiger partial charge in [0, 0.05) is 44.2 Å². The number of benzene rings is 5. The van der Waals surface area contributed by atoms with Crippen LogP contribution in [0.1, 0.15) is 29.0 Å². The molecule has 4 heterocycles. The van der Waals surface area contributed by atoms with Gasteiger partial charge in [0.05, 0.1) is 35.9 Å². The number of aromatic nitrogens is 3. The normalized spacial score (nSPS) is 15.4. The molecule has 0 spiro atoms. The second-order valence-corrected chi connectivity index (χ2v) is 17.8. The topological polar surface area (TPSA) is 43.3 Å². The van der Waals surface area contributed by atoms with Crippen molar-refractivity contribution in [3.05, 3.63) is 132 Å². The van der Waals surface area contributed by atoms with Crippen LogP contribution in [0.15, 0.2) is 108 Å². The van der Waals surface area contributed by atoms with Gasteiger partial charge in [0.2, 0.25) is 0 Å². The number of hydrogen-bond acceptors (Lipinski definition) is 3. The number of furan rings is 1. The second-order valence-electron chi connectivity index (χ2n) is 12.7. The fourth-order valence-corrected chi connectivity index (χ4v) is 7.27. The van der Waals surface area contributed by atoms with E-state index in [4.69, 9.17) is 21.7 Å². The number of rotatable bonds is 2. The Kier molecular flexibility index (Phi) is 5.77. The molecule has 0 N–H and O–H groups in total. The van der Waals surface area contributed by atoms with E-state index in [9.17, 15) is 0 Å². The fourth-order valence-electron chi connectivity index (χ4n) is 6.11. The van der Waals surface area contributed by atoms with Gasteiger partial charge in [-0.3, -0.25) is 4.98 Å². The van der Waals surface area contributed by atoms with Gasteiger partial charge in [0.25, 0.3) is 0 Å². The molecule has 0 amide bonds. The summed E-state index contributed by atoms with van der Waals surface area (Å²) in [6.45, 7) is -0.292. The minimum Gasteiger partial charge on any atom is -0.500 e. The van der Waals surface area contributed by atoms with Crippen molar-refractivity contribution in [3.63, 3.8) is 0 Å². The van der Waals surface area contributed by atoms with Crippen molar-refractivity contribution >= 4 is 73.6 Å². The number of pyridine rings is 2. The zero-order chi connectivity index (χ0) is 39.9. The monoisotopic (exact) mass is 827 g/mol. The van der Waals surface area contributed by atoms with Crippen molar-refractivity contribution in [3.8, 4) is 11.3 Å². The molecule has 0 aliphatic heterocycles. The van der Waals surface area contributed by atoms with E-state index < -0.39 is 28.6 Å². The van der Waals surface area contributed by atoms with Gasteiger partial charge in [0.15, 0.2) is 0 Å². The Bertz CT molecular complexity index is 2980. The summed E-state index contributed by atoms with van der Waals surface area (Å²) >= 11 is 0. The van der Waals surface area contributed by atoms with Gasteiger partial charge >= 0.3 is 0 Å². The molecule has 0 aliphatic rings. The van der Waals surface area contributed by atoms with Crippen LogP contribution in [0.2, 0.25) is 19.6 Å². The Labute approximate surface area is 307 Å². The van der Waals surface area contributed by atoms with E-state index in [0.29, 0.717) is 5.56 Å². The molecular formula is C42H35IrN3OSi-2. The standard InChI is InChI=1S/C28H21N2OSi.C14H14N.Ir/c1-32(2,3)17-12-13-18-20-16-27-21(19-8-4-7-11-26(19)31-27)15-22(20)28-29-23-9-5-6-10-24(23)30(28)25(18)14-17;1-10-4-6-13(7-5-10)14-8-11(2)12(3)9-15-14;/h4-14,16H,1-3H3;4-6,8-9H,1-3H3;/q2*-1;/i;1D3,2D3,3D3;. The third-order valence-corrected chi connectivity index (χ3v) is 10.6. The average molecular weight is 827 g/mol. The first-order valence-corrected chi connectivity index (χ1v) is 18.8. The summed E-state index contributed by atoms with van der Waals surface area (Å²) in [6.07, 6.45) is 1.02. The molecule has 0 saturated heterocycles. The van der Waals surface area contributed by atoms with E-state index in [2.05, 4.69) is 95.8 Å². The SMILES string of the molecule is C[Si](C)(C)c1ccc2c3cc4oc5ccccc5c4[c-]c3c3nc4ccccc4n3c2c1.[2H]C([2H])([2H])c1c[c-]c(-c2cc(C([2H])([2H])[2H])c(C([2H])([2H])[2H])cn2)cc1.[Ir]. The van der Waals surface area contributed by atoms with Crippen LogP contribution in [0.3, 0.4) is 0 Å². The van der Waals surface area contributed by atoms with Crippen molar-refractivity contribution < 1.29 is 36.9 Å². The quantitative estimate of drug-likeness (QED) is 0.0991. The fraction of sp³-hybridized carbons (Fsp3) is 0.143. The number of imidazole rings is 1. The van der Waals surface area contributed by atoms with Crippen LogP contribution in [0, 0.1) is 32.7 Å². The Morgan fingerprint density at radius 3 is 2.38 bits per heavy atom. The average Bonchev–Trinajstić information content (AvgIpc) is 3.71. The molecular weight excluding hydrogens is 783 g/mol. The van der Waals surface area contributed by atoms with Crippen molar-refractivity contribution in [1.29, 1.82) is 0 Å². The first-order valence-electron chi connectivity index (χ1n) is 19.8. The molecule has 0 saturated carbocycles. The summed E-state index contributed by atoms with van der Waals surface area (Å²) in [4.78, 5) is 9.07. The molecule has 5 aromatic carbocycles. The van der Waals surface area contributed by atoms with Crippen LogP contribution in [-0.2, 0) is 20.1 Å². The minimum atomic E-state index is -2.61. The molecule has 9 rings (SSSR count). The molecule has 0 fully saturated rings. The second kappa shape index (κ2) is 12.1. The van der Waals surface area contributed by atoms with Gasteiger partial charge < -0.3 is 13.8 Å². The van der Waals surface area contributed by atoms with Crippen LogP contribution in [0.25, 0.3) is 71.6 Å². The molecule has 4 aromatic heterocycles. The Balaban J connectivity index is 0.000000179. The molecule has 0 aliphatic carbocycles. The van der Waals surface area contributed by atoms with E-state index >= 15 is 0 Å². The zero-order valence-electron chi connectivity index (χ0n) is 35.4. The maximum atomic E-state index is 7.54. The summed E-state index contributed by atoms with van der Waals surface area (Å²) in [5, 5.41) is 6.92. The van der Waals surface area contributed by atoms with Gasteiger partial charge in [0.1, 0.15) is 0 Å². The van der Waals surface area contributed by atoms with Gasteiger partial charge in [-0.2, -0.15) is 0 Å². The smallest absolute Gasteiger partial charge is 0.0912 e. The molecule has 1 radical (unpaired) electrons. The van der Waals surface area contributed by atoms with Crippen molar-refractivity contribution in [2.45, 2.75) is 40.2 Å². The molecule has 0 atom stereocenters. The van der Waals surface area contributed by atoms with Crippen LogP contribution >= 0.6 is 0 Å². The molecule has 239 valence electrons. The number of fused-ring (bicyclic) bond motifs is 11. The predicted octanol–water partition coefficient (Wildman–Crippen LogP) is 10.5. The van der Waals surface area contributed by atoms with Gasteiger partial charge in [-0.15, -0.1) is 41.5 Å². The van der Waals surface area contributed by atoms with Crippen LogP contribution < -0.4 is 5.19 Å². The van der Waals surface area contributed by atoms with Crippen LogP contribution in [-0.4, -0.2) is 22.4 Å². The van der Waals surface area contributed by atoms with Crippen molar-refractivity contribution in [1.82, 2.24) is 14.4 Å². The zero-order valence-corrected chi connectivity index (χ0v) is 29.8. The summed E-state index contributed by atoms with van der Waals surface area (Å²) in [7, 11) is -1.48. The molecule has 9 aromatic rings. The summed E-state index contributed by atoms with van der Waals surface area (Å²) in [6, 6.07) is 37.5. The van der Waals surface area contributed by atoms with E-state index in [1.54, 1.807) is 0 Å². The summed E-state index contributed by atoms with van der Waals surface area (Å²) < 4.78 is 75.4. The third-order valence-electron chi connectivity index (χ3n) is 8.59. The van der Waals surface area contributed by atoms with E-state index in [0.717, 1.165) is 55.6 Å². The Hall–Kier alpha value is -4.61. The number of hydrogen-bond donors (Lipinski definition) is 0. The third kappa shape index (κ3) is 5.44. The summed E-state index contributed by atoms with van der Waals surface area (Å²) in [5.41, 5.74) is 6.11. The van der Waals surface area contributed by atoms with Gasteiger partial charge in [-0.25, -0.2) is 0 Å². The first-order chi connectivity index (χ1) is 26.3. The van der Waals surface area contributed by atoms with E-state index in [1.165, 1.54) is 40.4 Å². The largest absolute Gasteiger partial charge is 0.500 e. The Morgan fingerprint density at radius 1 is 0.750 bits per heavy atom. The predicted molar refractivity (Wildman–Crippen MR) is 200 cm³/mol. The van der Waals surface area contributed by atoms with Crippen LogP contribution in [0.5, 0.6) is 0 Å². The molecule has 0 unspecified atom stereocenters. The molecule has 48 heavy (non-hydrogen) atoms. The van der Waals surface area contributed by atoms with Crippen LogP contribution in [0.4, 0.5) is 0 Å². The number of para-hydroxylation sites is 3. The summed E-state index contributed by atoms with van der Waals surface area (Å²) in [5.74, 6) is 0. The molecule has 6 heteroatoms.